The first-order valence-electron chi connectivity index (χ1n) is 8.23. The number of hydrogen-bond donors (Lipinski definition) is 0. The molecule has 0 saturated carbocycles. The number of hydrogen-bond acceptors (Lipinski definition) is 1. The van der Waals surface area contributed by atoms with E-state index in [1.54, 1.807) is 19.0 Å². The van der Waals surface area contributed by atoms with Gasteiger partial charge in [0.25, 0.3) is 0 Å². The van der Waals surface area contributed by atoms with E-state index in [9.17, 15) is 9.18 Å². The van der Waals surface area contributed by atoms with Crippen molar-refractivity contribution in [1.82, 2.24) is 9.80 Å². The zero-order valence-corrected chi connectivity index (χ0v) is 14.2. The first-order chi connectivity index (χ1) is 11.6. The summed E-state index contributed by atoms with van der Waals surface area (Å²) in [5, 5.41) is 0. The zero-order chi connectivity index (χ0) is 17.2. The van der Waals surface area contributed by atoms with Crippen LogP contribution in [0.2, 0.25) is 0 Å². The first-order valence-corrected chi connectivity index (χ1v) is 8.23. The van der Waals surface area contributed by atoms with Gasteiger partial charge in [-0.2, -0.15) is 0 Å². The lowest BCUT2D eigenvalue weighted by Gasteiger charge is -2.31. The molecule has 0 spiro atoms. The predicted octanol–water partition coefficient (Wildman–Crippen LogP) is 3.70. The Kier molecular flexibility index (Phi) is 4.56. The fraction of sp³-hybridized carbons (Fsp3) is 0.350. The van der Waals surface area contributed by atoms with Crippen LogP contribution in [0.25, 0.3) is 0 Å². The zero-order valence-electron chi connectivity index (χ0n) is 14.2. The lowest BCUT2D eigenvalue weighted by atomic mass is 9.73. The van der Waals surface area contributed by atoms with E-state index in [4.69, 9.17) is 0 Å². The van der Waals surface area contributed by atoms with Crippen molar-refractivity contribution >= 4 is 6.03 Å². The summed E-state index contributed by atoms with van der Waals surface area (Å²) in [5.74, 6) is 0. The Bertz CT molecular complexity index is 648. The number of rotatable bonds is 3. The summed E-state index contributed by atoms with van der Waals surface area (Å²) in [5.41, 5.74) is 1.89. The van der Waals surface area contributed by atoms with Crippen LogP contribution in [0.3, 0.4) is 0 Å². The monoisotopic (exact) mass is 326 g/mol. The Labute approximate surface area is 142 Å². The molecule has 0 radical (unpaired) electrons. The van der Waals surface area contributed by atoms with Crippen molar-refractivity contribution in [2.24, 2.45) is 0 Å². The second kappa shape index (κ2) is 6.63. The van der Waals surface area contributed by atoms with Crippen molar-refractivity contribution in [2.75, 3.05) is 27.3 Å². The average molecular weight is 326 g/mol. The topological polar surface area (TPSA) is 23.6 Å². The van der Waals surface area contributed by atoms with Crippen molar-refractivity contribution in [2.45, 2.75) is 17.9 Å². The highest BCUT2D eigenvalue weighted by molar-refractivity contribution is 5.75. The van der Waals surface area contributed by atoms with Gasteiger partial charge >= 0.3 is 6.03 Å². The molecule has 1 aliphatic rings. The summed E-state index contributed by atoms with van der Waals surface area (Å²) in [4.78, 5) is 15.8. The van der Waals surface area contributed by atoms with E-state index in [1.807, 2.05) is 36.4 Å². The van der Waals surface area contributed by atoms with Gasteiger partial charge < -0.3 is 9.80 Å². The van der Waals surface area contributed by atoms with Crippen LogP contribution >= 0.6 is 0 Å². The Hall–Kier alpha value is -2.36. The number of carbonyl (C=O) groups is 1. The van der Waals surface area contributed by atoms with Crippen LogP contribution in [0.4, 0.5) is 9.18 Å². The minimum Gasteiger partial charge on any atom is -0.331 e. The molecular weight excluding hydrogens is 303 g/mol. The number of alkyl halides is 1. The van der Waals surface area contributed by atoms with Crippen LogP contribution in [0.5, 0.6) is 0 Å². The summed E-state index contributed by atoms with van der Waals surface area (Å²) in [7, 11) is 3.42. The maximum atomic E-state index is 13.7. The quantitative estimate of drug-likeness (QED) is 0.844. The summed E-state index contributed by atoms with van der Waals surface area (Å²) >= 11 is 0. The molecule has 2 aromatic carbocycles. The third-order valence-corrected chi connectivity index (χ3v) is 4.92. The molecule has 126 valence electrons. The van der Waals surface area contributed by atoms with Gasteiger partial charge in [-0.05, 0) is 17.5 Å². The van der Waals surface area contributed by atoms with Crippen LogP contribution in [0.15, 0.2) is 60.7 Å². The van der Waals surface area contributed by atoms with Gasteiger partial charge in [0.05, 0.1) is 6.04 Å². The molecule has 0 N–H and O–H groups in total. The molecule has 3 nitrogen and oxygen atoms in total. The van der Waals surface area contributed by atoms with Crippen LogP contribution in [-0.2, 0) is 5.41 Å². The van der Waals surface area contributed by atoms with Gasteiger partial charge in [-0.1, -0.05) is 60.7 Å². The van der Waals surface area contributed by atoms with Gasteiger partial charge in [0.2, 0.25) is 0 Å². The molecule has 4 heteroatoms. The molecule has 0 bridgehead atoms. The largest absolute Gasteiger partial charge is 0.331 e. The Balaban J connectivity index is 2.09. The van der Waals surface area contributed by atoms with Crippen molar-refractivity contribution in [3.63, 3.8) is 0 Å². The third-order valence-electron chi connectivity index (χ3n) is 4.92. The van der Waals surface area contributed by atoms with E-state index in [-0.39, 0.29) is 11.4 Å². The molecule has 3 rings (SSSR count). The van der Waals surface area contributed by atoms with Crippen molar-refractivity contribution in [3.8, 4) is 0 Å². The minimum absolute atomic E-state index is 0.133. The highest BCUT2D eigenvalue weighted by atomic mass is 19.1. The number of carbonyl (C=O) groups excluding carboxylic acids is 1. The predicted molar refractivity (Wildman–Crippen MR) is 93.8 cm³/mol. The first kappa shape index (κ1) is 16.5. The SMILES string of the molecule is CN(C)C(=O)N1CC(c2ccccc2)(c2ccccc2)CC1CF. The van der Waals surface area contributed by atoms with Gasteiger partial charge in [0, 0.05) is 26.1 Å². The van der Waals surface area contributed by atoms with Crippen molar-refractivity contribution in [1.29, 1.82) is 0 Å². The summed E-state index contributed by atoms with van der Waals surface area (Å²) in [6.07, 6.45) is 0.594. The molecular formula is C20H23FN2O. The number of likely N-dealkylation sites (tertiary alicyclic amines) is 1. The molecule has 1 unspecified atom stereocenters. The van der Waals surface area contributed by atoms with E-state index in [1.165, 1.54) is 4.90 Å². The molecule has 1 aliphatic heterocycles. The van der Waals surface area contributed by atoms with Gasteiger partial charge in [0.1, 0.15) is 6.67 Å². The standard InChI is InChI=1S/C20H23FN2O/c1-22(2)19(24)23-15-20(13-18(23)14-21,16-9-5-3-6-10-16)17-11-7-4-8-12-17/h3-12,18H,13-15H2,1-2H3. The van der Waals surface area contributed by atoms with E-state index in [2.05, 4.69) is 24.3 Å². The molecule has 2 aromatic rings. The van der Waals surface area contributed by atoms with Gasteiger partial charge in [-0.15, -0.1) is 0 Å². The lowest BCUT2D eigenvalue weighted by molar-refractivity contribution is 0.156. The second-order valence-electron chi connectivity index (χ2n) is 6.63. The molecule has 1 fully saturated rings. The van der Waals surface area contributed by atoms with Gasteiger partial charge in [-0.3, -0.25) is 0 Å². The van der Waals surface area contributed by atoms with E-state index < -0.39 is 12.7 Å². The molecule has 1 saturated heterocycles. The van der Waals surface area contributed by atoms with Crippen LogP contribution in [-0.4, -0.2) is 49.2 Å². The number of amides is 2. The van der Waals surface area contributed by atoms with Gasteiger partial charge in [-0.25, -0.2) is 9.18 Å². The fourth-order valence-corrected chi connectivity index (χ4v) is 3.71. The summed E-state index contributed by atoms with van der Waals surface area (Å²) in [6.45, 7) is -0.0341. The average Bonchev–Trinajstić information content (AvgIpc) is 3.03. The van der Waals surface area contributed by atoms with Crippen molar-refractivity contribution in [3.05, 3.63) is 71.8 Å². The number of urea groups is 1. The fourth-order valence-electron chi connectivity index (χ4n) is 3.71. The third kappa shape index (κ3) is 2.77. The Morgan fingerprint density at radius 1 is 1.08 bits per heavy atom. The normalized spacial score (nSPS) is 19.3. The van der Waals surface area contributed by atoms with Crippen LogP contribution in [0, 0.1) is 0 Å². The van der Waals surface area contributed by atoms with Crippen LogP contribution < -0.4 is 0 Å². The minimum atomic E-state index is -0.527. The van der Waals surface area contributed by atoms with E-state index in [0.29, 0.717) is 13.0 Å². The smallest absolute Gasteiger partial charge is 0.319 e. The van der Waals surface area contributed by atoms with Gasteiger partial charge in [0.15, 0.2) is 0 Å². The van der Waals surface area contributed by atoms with E-state index in [0.717, 1.165) is 11.1 Å². The number of benzene rings is 2. The number of halogens is 1. The molecule has 1 heterocycles. The maximum Gasteiger partial charge on any atom is 0.319 e. The molecule has 2 amide bonds. The Morgan fingerprint density at radius 3 is 2.00 bits per heavy atom. The second-order valence-corrected chi connectivity index (χ2v) is 6.63. The van der Waals surface area contributed by atoms with E-state index >= 15 is 0 Å². The number of nitrogens with zero attached hydrogens (tertiary/aromatic N) is 2. The highest BCUT2D eigenvalue weighted by Crippen LogP contribution is 2.44. The lowest BCUT2D eigenvalue weighted by Crippen LogP contribution is -2.44. The molecule has 1 atom stereocenters. The summed E-state index contributed by atoms with van der Waals surface area (Å²) < 4.78 is 13.7. The van der Waals surface area contributed by atoms with Crippen molar-refractivity contribution < 1.29 is 9.18 Å². The Morgan fingerprint density at radius 2 is 1.58 bits per heavy atom. The highest BCUT2D eigenvalue weighted by Gasteiger charge is 2.48. The molecule has 0 aromatic heterocycles. The molecule has 24 heavy (non-hydrogen) atoms. The maximum absolute atomic E-state index is 13.7. The molecule has 0 aliphatic carbocycles. The van der Waals surface area contributed by atoms with Crippen LogP contribution in [0.1, 0.15) is 17.5 Å². The summed E-state index contributed by atoms with van der Waals surface area (Å²) in [6, 6.07) is 19.7.